The maximum Gasteiger partial charge on any atom is 0.321 e. The first-order chi connectivity index (χ1) is 26.0. The van der Waals surface area contributed by atoms with Crippen molar-refractivity contribution in [2.24, 2.45) is 5.92 Å². The zero-order valence-electron chi connectivity index (χ0n) is 31.2. The molecule has 7 atom stereocenters. The molecule has 3 unspecified atom stereocenters. The molecule has 19 nitrogen and oxygen atoms in total. The van der Waals surface area contributed by atoms with Crippen molar-refractivity contribution in [1.82, 2.24) is 16.0 Å². The summed E-state index contributed by atoms with van der Waals surface area (Å²) < 4.78 is 23.0. The molecule has 0 radical (unpaired) electrons. The summed E-state index contributed by atoms with van der Waals surface area (Å²) in [5, 5.41) is 66.6. The third kappa shape index (κ3) is 26.1. The number of nitrogens with one attached hydrogen (secondary N) is 3. The Hall–Kier alpha value is -2.54. The quantitative estimate of drug-likeness (QED) is 0.0300. The molecule has 0 rings (SSSR count). The molecule has 9 N–H and O–H groups in total. The van der Waals surface area contributed by atoms with Crippen LogP contribution in [0.15, 0.2) is 0 Å². The van der Waals surface area contributed by atoms with E-state index in [1.54, 1.807) is 0 Å². The molecule has 0 bridgehead atoms. The first kappa shape index (κ1) is 52.5. The topological polar surface area (TPSA) is 312 Å². The van der Waals surface area contributed by atoms with Crippen molar-refractivity contribution in [2.75, 3.05) is 75.3 Å². The van der Waals surface area contributed by atoms with E-state index in [2.05, 4.69) is 16.0 Å². The fraction of sp³-hybridized carbons (Fsp3) is 0.788. The molecule has 0 fully saturated rings. The van der Waals surface area contributed by atoms with Crippen LogP contribution in [0.4, 0.5) is 0 Å². The highest BCUT2D eigenvalue weighted by molar-refractivity contribution is 8.00. The van der Waals surface area contributed by atoms with Crippen LogP contribution in [0.3, 0.4) is 0 Å². The molecule has 2 amide bonds. The lowest BCUT2D eigenvalue weighted by Crippen LogP contribution is -2.52. The van der Waals surface area contributed by atoms with Gasteiger partial charge >= 0.3 is 11.9 Å². The number of hydrogen-bond acceptors (Lipinski definition) is 17. The zero-order chi connectivity index (χ0) is 41.8. The van der Waals surface area contributed by atoms with E-state index in [9.17, 15) is 63.3 Å². The maximum atomic E-state index is 12.4. The molecule has 0 spiro atoms. The van der Waals surface area contributed by atoms with Gasteiger partial charge in [0.05, 0.1) is 41.4 Å². The van der Waals surface area contributed by atoms with Crippen LogP contribution in [0.5, 0.6) is 0 Å². The normalized spacial score (nSPS) is 15.2. The van der Waals surface area contributed by atoms with Crippen molar-refractivity contribution < 1.29 is 77.9 Å². The molecule has 318 valence electrons. The van der Waals surface area contributed by atoms with Crippen LogP contribution in [0.25, 0.3) is 0 Å². The van der Waals surface area contributed by atoms with Crippen LogP contribution in [-0.4, -0.2) is 181 Å². The second-order valence-corrected chi connectivity index (χ2v) is 16.0. The lowest BCUT2D eigenvalue weighted by molar-refractivity contribution is -0.143. The minimum absolute atomic E-state index is 0.0111. The number of amides is 2. The number of ketones is 3. The monoisotopic (exact) mass is 847 g/mol. The largest absolute Gasteiger partial charge is 0.481 e. The van der Waals surface area contributed by atoms with E-state index in [1.807, 2.05) is 0 Å². The molecule has 55 heavy (non-hydrogen) atoms. The Bertz CT molecular complexity index is 1230. The van der Waals surface area contributed by atoms with Gasteiger partial charge in [0.1, 0.15) is 35.6 Å². The fourth-order valence-electron chi connectivity index (χ4n) is 4.28. The summed E-state index contributed by atoms with van der Waals surface area (Å²) in [6.45, 7) is 2.66. The number of carbonyl (C=O) groups is 7. The minimum atomic E-state index is -2.21. The van der Waals surface area contributed by atoms with Gasteiger partial charge in [-0.2, -0.15) is 11.8 Å². The summed E-state index contributed by atoms with van der Waals surface area (Å²) in [6.07, 6.45) is -5.61. The van der Waals surface area contributed by atoms with Crippen LogP contribution in [0, 0.1) is 5.92 Å². The first-order valence-corrected chi connectivity index (χ1v) is 21.3. The Kier molecular flexibility index (Phi) is 30.1. The lowest BCUT2D eigenvalue weighted by Gasteiger charge is -2.25. The highest BCUT2D eigenvalue weighted by atomic mass is 32.2. The summed E-state index contributed by atoms with van der Waals surface area (Å²) >= 11 is 2.15. The van der Waals surface area contributed by atoms with Gasteiger partial charge in [0.2, 0.25) is 5.91 Å². The third-order valence-electron chi connectivity index (χ3n) is 7.55. The maximum absolute atomic E-state index is 12.4. The Labute approximate surface area is 331 Å². The molecule has 0 saturated carbocycles. The number of ether oxygens (including phenoxy) is 2. The van der Waals surface area contributed by atoms with Crippen LogP contribution in [0.2, 0.25) is 0 Å². The molecule has 0 saturated heterocycles. The van der Waals surface area contributed by atoms with E-state index in [0.717, 1.165) is 23.5 Å². The van der Waals surface area contributed by atoms with Gasteiger partial charge in [-0.1, -0.05) is 0 Å². The Morgan fingerprint density at radius 1 is 0.709 bits per heavy atom. The van der Waals surface area contributed by atoms with E-state index >= 15 is 0 Å². The second-order valence-electron chi connectivity index (χ2n) is 12.3. The number of carbonyl (C=O) groups excluding carboxylic acids is 5. The number of likely N-dealkylation sites (N-methyl/N-ethyl adjacent to an activating group) is 1. The van der Waals surface area contributed by atoms with Gasteiger partial charge in [-0.05, 0) is 33.2 Å². The molecule has 0 aromatic heterocycles. The third-order valence-corrected chi connectivity index (χ3v) is 11.3. The number of aliphatic hydroxyl groups excluding tert-OH is 4. The molecule has 0 aliphatic rings. The van der Waals surface area contributed by atoms with Crippen LogP contribution < -0.4 is 16.0 Å². The minimum Gasteiger partial charge on any atom is -0.481 e. The number of carboxylic acids is 2. The van der Waals surface area contributed by atoms with Gasteiger partial charge in [-0.15, -0.1) is 11.8 Å². The number of aliphatic hydroxyl groups is 4. The van der Waals surface area contributed by atoms with E-state index in [-0.39, 0.29) is 97.9 Å². The highest BCUT2D eigenvalue weighted by Gasteiger charge is 2.36. The summed E-state index contributed by atoms with van der Waals surface area (Å²) in [4.78, 5) is 82.1. The average Bonchev–Trinajstić information content (AvgIpc) is 3.13. The molecular weight excluding hydrogens is 791 g/mol. The van der Waals surface area contributed by atoms with E-state index in [0.29, 0.717) is 32.7 Å². The number of aliphatic carboxylic acids is 2. The van der Waals surface area contributed by atoms with Crippen molar-refractivity contribution in [1.29, 1.82) is 0 Å². The number of hydrogen-bond donors (Lipinski definition) is 9. The summed E-state index contributed by atoms with van der Waals surface area (Å²) in [5.74, 6) is -5.31. The zero-order valence-corrected chi connectivity index (χ0v) is 33.6. The smallest absolute Gasteiger partial charge is 0.321 e. The lowest BCUT2D eigenvalue weighted by atomic mass is 10.0. The standard InChI is InChI=1S/C33H57N3O16S3/c1-21(37)7-13-51-11-5-12-52-14-8-23(38)16-22(31(45)46)17-53-18-24(39)6-3-9-36-30(44)28(42)27(41)29(43)33(49)55(50)15-4-10-35-26(40)20-54-19-25(34-2)32(47)48/h22,25,27-29,33-34,41-43,49H,3-20H2,1-2H3,(H,35,40)(H,36,44)(H,45,46)(H,47,48)/t22?,25?,27-,28-,29-,33-,55?/m0/s1. The highest BCUT2D eigenvalue weighted by Crippen LogP contribution is 2.16. The van der Waals surface area contributed by atoms with E-state index in [1.165, 1.54) is 14.0 Å². The number of rotatable bonds is 36. The number of thioether (sulfide) groups is 2. The van der Waals surface area contributed by atoms with Crippen molar-refractivity contribution in [3.8, 4) is 0 Å². The molecule has 0 aliphatic heterocycles. The number of Topliss-reactive ketones (excluding diaryl/α,β-unsaturated/α-hetero) is 3. The molecule has 22 heteroatoms. The van der Waals surface area contributed by atoms with Gasteiger partial charge in [-0.25, -0.2) is 0 Å². The second kappa shape index (κ2) is 31.5. The van der Waals surface area contributed by atoms with Crippen molar-refractivity contribution >= 4 is 75.4 Å². The molecule has 0 aliphatic carbocycles. The van der Waals surface area contributed by atoms with Gasteiger partial charge in [0.25, 0.3) is 5.91 Å². The molecule has 0 aromatic rings. The first-order valence-electron chi connectivity index (χ1n) is 17.6. The van der Waals surface area contributed by atoms with Crippen molar-refractivity contribution in [3.05, 3.63) is 0 Å². The van der Waals surface area contributed by atoms with Gasteiger partial charge < -0.3 is 56.1 Å². The van der Waals surface area contributed by atoms with Gasteiger partial charge in [0.15, 0.2) is 11.5 Å². The fourth-order valence-corrected chi connectivity index (χ4v) is 7.41. The Morgan fingerprint density at radius 3 is 1.93 bits per heavy atom. The van der Waals surface area contributed by atoms with E-state index in [4.69, 9.17) is 14.6 Å². The predicted octanol–water partition coefficient (Wildman–Crippen LogP) is -2.30. The molecular formula is C33H57N3O16S3. The van der Waals surface area contributed by atoms with Crippen LogP contribution in [0.1, 0.15) is 51.9 Å². The van der Waals surface area contributed by atoms with Crippen molar-refractivity contribution in [3.63, 3.8) is 0 Å². The molecule has 0 heterocycles. The summed E-state index contributed by atoms with van der Waals surface area (Å²) in [7, 11) is -0.656. The van der Waals surface area contributed by atoms with Gasteiger partial charge in [0, 0.05) is 69.2 Å². The van der Waals surface area contributed by atoms with Gasteiger partial charge in [-0.3, -0.25) is 37.8 Å². The average molecular weight is 848 g/mol. The van der Waals surface area contributed by atoms with Crippen LogP contribution >= 0.6 is 23.5 Å². The summed E-state index contributed by atoms with van der Waals surface area (Å²) in [6, 6.07) is -0.813. The van der Waals surface area contributed by atoms with Crippen molar-refractivity contribution in [2.45, 2.75) is 81.7 Å². The molecule has 0 aromatic carbocycles. The SMILES string of the molecule is CNC(CSCC(=O)NCCCS(=O)[C@H](O)[C@@H](O)[C@@H](O)[C@H](O)C(=O)NCCCC(=O)CSCC(CC(=O)CCOCCCOCCC(C)=O)C(=O)O)C(=O)O. The number of carboxylic acid groups (broad SMARTS) is 2. The summed E-state index contributed by atoms with van der Waals surface area (Å²) in [5.41, 5.74) is -2.03. The van der Waals surface area contributed by atoms with Crippen LogP contribution in [-0.2, 0) is 53.8 Å². The van der Waals surface area contributed by atoms with E-state index < -0.39 is 70.3 Å². The Morgan fingerprint density at radius 2 is 1.33 bits per heavy atom. The Balaban J connectivity index is 4.28. The predicted molar refractivity (Wildman–Crippen MR) is 204 cm³/mol.